The molecule has 1 aliphatic heterocycles. The Balaban J connectivity index is 0.00000400. The number of rotatable bonds is 5. The van der Waals surface area contributed by atoms with E-state index in [9.17, 15) is 14.4 Å². The maximum atomic E-state index is 12.1. The molecule has 0 radical (unpaired) electrons. The van der Waals surface area contributed by atoms with Gasteiger partial charge in [0.1, 0.15) is 6.54 Å². The number of amides is 2. The average Bonchev–Trinajstić information content (AvgIpc) is 2.43. The van der Waals surface area contributed by atoms with E-state index in [4.69, 9.17) is 5.11 Å². The van der Waals surface area contributed by atoms with Crippen LogP contribution in [0.25, 0.3) is 0 Å². The van der Waals surface area contributed by atoms with Gasteiger partial charge in [0.15, 0.2) is 6.04 Å². The van der Waals surface area contributed by atoms with Gasteiger partial charge in [0.05, 0.1) is 0 Å². The van der Waals surface area contributed by atoms with E-state index in [0.717, 1.165) is 0 Å². The number of nitrogens with one attached hydrogen (secondary N) is 1. The molecule has 0 saturated carbocycles. The minimum Gasteiger partial charge on any atom is -1.00 e. The smallest absolute Gasteiger partial charge is 0.322 e. The number of hydrogen-bond acceptors (Lipinski definition) is 3. The van der Waals surface area contributed by atoms with Gasteiger partial charge in [0, 0.05) is 24.9 Å². The Labute approximate surface area is 130 Å². The third kappa shape index (κ3) is 5.89. The van der Waals surface area contributed by atoms with E-state index in [1.54, 1.807) is 4.90 Å². The van der Waals surface area contributed by atoms with E-state index in [0.29, 0.717) is 25.9 Å². The Kier molecular flexibility index (Phi) is 8.27. The van der Waals surface area contributed by atoms with Crippen LogP contribution < -0.4 is 23.5 Å². The number of carbonyl (C=O) groups excluding carboxylic acids is 2. The number of likely N-dealkylation sites (tertiary alicyclic amines) is 1. The monoisotopic (exact) mass is 321 g/mol. The van der Waals surface area contributed by atoms with E-state index in [2.05, 4.69) is 11.1 Å². The lowest BCUT2D eigenvalue weighted by molar-refractivity contribution is -0.416. The number of halogens is 1. The predicted octanol–water partition coefficient (Wildman–Crippen LogP) is -4.30. The van der Waals surface area contributed by atoms with Crippen molar-refractivity contribution in [1.82, 2.24) is 10.2 Å². The van der Waals surface area contributed by atoms with Gasteiger partial charge in [0.2, 0.25) is 5.91 Å². The molecule has 1 rings (SSSR count). The van der Waals surface area contributed by atoms with E-state index in [1.165, 1.54) is 0 Å². The van der Waals surface area contributed by atoms with Crippen LogP contribution in [0, 0.1) is 11.8 Å². The molecule has 1 fully saturated rings. The fraction of sp³-hybridized carbons (Fsp3) is 0.769. The Morgan fingerprint density at radius 3 is 2.24 bits per heavy atom. The first kappa shape index (κ1) is 19.7. The van der Waals surface area contributed by atoms with Crippen molar-refractivity contribution in [3.05, 3.63) is 0 Å². The van der Waals surface area contributed by atoms with Crippen molar-refractivity contribution in [2.75, 3.05) is 19.6 Å². The number of aliphatic carboxylic acids is 1. The summed E-state index contributed by atoms with van der Waals surface area (Å²) in [4.78, 5) is 36.0. The first-order valence-electron chi connectivity index (χ1n) is 6.94. The lowest BCUT2D eigenvalue weighted by Crippen LogP contribution is -3.00. The highest BCUT2D eigenvalue weighted by molar-refractivity contribution is 5.84. The van der Waals surface area contributed by atoms with Crippen LogP contribution >= 0.6 is 0 Å². The van der Waals surface area contributed by atoms with Crippen LogP contribution in [-0.4, -0.2) is 53.5 Å². The fourth-order valence-corrected chi connectivity index (χ4v) is 2.19. The highest BCUT2D eigenvalue weighted by Gasteiger charge is 2.32. The maximum Gasteiger partial charge on any atom is 0.322 e. The van der Waals surface area contributed by atoms with Gasteiger partial charge in [-0.05, 0) is 12.8 Å². The molecule has 5 N–H and O–H groups in total. The molecule has 0 spiro atoms. The van der Waals surface area contributed by atoms with Gasteiger partial charge in [-0.25, -0.2) is 0 Å². The van der Waals surface area contributed by atoms with Crippen molar-refractivity contribution in [3.8, 4) is 0 Å². The number of carbonyl (C=O) groups is 3. The zero-order valence-electron chi connectivity index (χ0n) is 12.5. The van der Waals surface area contributed by atoms with Crippen molar-refractivity contribution in [1.29, 1.82) is 0 Å². The summed E-state index contributed by atoms with van der Waals surface area (Å²) in [5.74, 6) is -1.28. The minimum absolute atomic E-state index is 0. The van der Waals surface area contributed by atoms with E-state index in [-0.39, 0.29) is 48.6 Å². The molecule has 2 amide bonds. The average molecular weight is 322 g/mol. The van der Waals surface area contributed by atoms with Gasteiger partial charge in [-0.1, -0.05) is 13.8 Å². The molecule has 1 saturated heterocycles. The van der Waals surface area contributed by atoms with Crippen LogP contribution in [0.1, 0.15) is 26.7 Å². The molecule has 21 heavy (non-hydrogen) atoms. The van der Waals surface area contributed by atoms with E-state index in [1.807, 2.05) is 13.8 Å². The number of quaternary nitrogens is 1. The van der Waals surface area contributed by atoms with Crippen LogP contribution in [0.5, 0.6) is 0 Å². The number of carboxylic acids is 1. The summed E-state index contributed by atoms with van der Waals surface area (Å²) in [7, 11) is 0. The van der Waals surface area contributed by atoms with Crippen LogP contribution in [0.2, 0.25) is 0 Å². The molecule has 8 heteroatoms. The van der Waals surface area contributed by atoms with Crippen LogP contribution in [0.3, 0.4) is 0 Å². The zero-order valence-corrected chi connectivity index (χ0v) is 13.2. The van der Waals surface area contributed by atoms with E-state index < -0.39 is 5.97 Å². The molecule has 0 aromatic heterocycles. The predicted molar refractivity (Wildman–Crippen MR) is 71.5 cm³/mol. The number of nitrogens with zero attached hydrogens (tertiary/aromatic N) is 1. The normalized spacial score (nSPS) is 17.0. The minimum atomic E-state index is -1.05. The summed E-state index contributed by atoms with van der Waals surface area (Å²) in [6, 6.07) is -0.257. The van der Waals surface area contributed by atoms with Crippen molar-refractivity contribution in [2.45, 2.75) is 32.7 Å². The Bertz CT molecular complexity index is 382. The summed E-state index contributed by atoms with van der Waals surface area (Å²) in [5, 5.41) is 10.9. The third-order valence-corrected chi connectivity index (χ3v) is 3.71. The Morgan fingerprint density at radius 1 is 1.29 bits per heavy atom. The van der Waals surface area contributed by atoms with Crippen LogP contribution in [0.15, 0.2) is 0 Å². The van der Waals surface area contributed by atoms with Crippen LogP contribution in [0.4, 0.5) is 0 Å². The molecular weight excluding hydrogens is 298 g/mol. The SMILES string of the molecule is CC(C)[C@H]([NH3+])C(=O)N1CCC(C(=O)NCC(=O)O)CC1.[Cl-]. The molecule has 7 nitrogen and oxygen atoms in total. The largest absolute Gasteiger partial charge is 1.00 e. The highest BCUT2D eigenvalue weighted by Crippen LogP contribution is 2.18. The van der Waals surface area contributed by atoms with Crippen molar-refractivity contribution < 1.29 is 37.6 Å². The highest BCUT2D eigenvalue weighted by atomic mass is 35.5. The first-order valence-corrected chi connectivity index (χ1v) is 6.94. The summed E-state index contributed by atoms with van der Waals surface area (Å²) in [5.41, 5.74) is 3.88. The van der Waals surface area contributed by atoms with Crippen molar-refractivity contribution in [3.63, 3.8) is 0 Å². The van der Waals surface area contributed by atoms with Crippen molar-refractivity contribution in [2.24, 2.45) is 11.8 Å². The van der Waals surface area contributed by atoms with Crippen LogP contribution in [-0.2, 0) is 14.4 Å². The second-order valence-electron chi connectivity index (χ2n) is 5.56. The molecule has 1 atom stereocenters. The van der Waals surface area contributed by atoms with Crippen molar-refractivity contribution >= 4 is 17.8 Å². The molecule has 0 aliphatic carbocycles. The summed E-state index contributed by atoms with van der Waals surface area (Å²) in [6.07, 6.45) is 1.14. The van der Waals surface area contributed by atoms with Gasteiger partial charge in [-0.3, -0.25) is 14.4 Å². The summed E-state index contributed by atoms with van der Waals surface area (Å²) in [6.45, 7) is 4.63. The number of piperidine rings is 1. The van der Waals surface area contributed by atoms with Gasteiger partial charge in [-0.15, -0.1) is 0 Å². The second kappa shape index (κ2) is 8.84. The molecule has 0 bridgehead atoms. The first-order chi connectivity index (χ1) is 9.32. The lowest BCUT2D eigenvalue weighted by Gasteiger charge is -2.32. The Hall–Kier alpha value is -1.34. The number of carboxylic acid groups (broad SMARTS) is 1. The quantitative estimate of drug-likeness (QED) is 0.475. The molecule has 0 aromatic rings. The van der Waals surface area contributed by atoms with Gasteiger partial charge in [-0.2, -0.15) is 0 Å². The fourth-order valence-electron chi connectivity index (χ4n) is 2.19. The molecule has 0 aromatic carbocycles. The Morgan fingerprint density at radius 2 is 1.81 bits per heavy atom. The zero-order chi connectivity index (χ0) is 15.3. The molecule has 0 unspecified atom stereocenters. The topological polar surface area (TPSA) is 114 Å². The molecule has 1 aliphatic rings. The molecule has 122 valence electrons. The summed E-state index contributed by atoms with van der Waals surface area (Å²) < 4.78 is 0. The third-order valence-electron chi connectivity index (χ3n) is 3.71. The standard InChI is InChI=1S/C13H23N3O4.ClH/c1-8(2)11(14)13(20)16-5-3-9(4-6-16)12(19)15-7-10(17)18;/h8-9,11H,3-7,14H2,1-2H3,(H,15,19)(H,17,18);1H/t11-;/m0./s1. The summed E-state index contributed by atoms with van der Waals surface area (Å²) >= 11 is 0. The maximum absolute atomic E-state index is 12.1. The van der Waals surface area contributed by atoms with Gasteiger partial charge < -0.3 is 33.5 Å². The molecule has 1 heterocycles. The second-order valence-corrected chi connectivity index (χ2v) is 5.56. The van der Waals surface area contributed by atoms with Gasteiger partial charge in [0.25, 0.3) is 5.91 Å². The van der Waals surface area contributed by atoms with Gasteiger partial charge >= 0.3 is 5.97 Å². The lowest BCUT2D eigenvalue weighted by atomic mass is 9.94. The number of hydrogen-bond donors (Lipinski definition) is 3. The van der Waals surface area contributed by atoms with E-state index >= 15 is 0 Å². The molecular formula is C13H24ClN3O4.